The molecule has 3 heterocycles. The number of ketones is 1. The van der Waals surface area contributed by atoms with E-state index in [0.29, 0.717) is 34.9 Å². The summed E-state index contributed by atoms with van der Waals surface area (Å²) in [6.07, 6.45) is 2.35. The lowest BCUT2D eigenvalue weighted by atomic mass is 9.65. The van der Waals surface area contributed by atoms with Crippen molar-refractivity contribution in [3.63, 3.8) is 0 Å². The van der Waals surface area contributed by atoms with Crippen molar-refractivity contribution in [3.8, 4) is 0 Å². The lowest BCUT2D eigenvalue weighted by Crippen LogP contribution is -2.54. The number of nitrogens with zero attached hydrogens (tertiary/aromatic N) is 5. The van der Waals surface area contributed by atoms with Crippen LogP contribution in [0.2, 0.25) is 0 Å². The van der Waals surface area contributed by atoms with Crippen molar-refractivity contribution in [1.29, 1.82) is 5.41 Å². The van der Waals surface area contributed by atoms with Gasteiger partial charge in [0.2, 0.25) is 0 Å². The number of pyridine rings is 1. The number of nitrogens with one attached hydrogen (secondary N) is 2. The van der Waals surface area contributed by atoms with Gasteiger partial charge in [-0.15, -0.1) is 0 Å². The van der Waals surface area contributed by atoms with E-state index < -0.39 is 17.2 Å². The molecule has 0 saturated carbocycles. The minimum atomic E-state index is -4.44. The Labute approximate surface area is 232 Å². The van der Waals surface area contributed by atoms with Gasteiger partial charge in [0.1, 0.15) is 10.7 Å². The van der Waals surface area contributed by atoms with Gasteiger partial charge in [-0.25, -0.2) is 5.01 Å². The molecule has 0 spiro atoms. The van der Waals surface area contributed by atoms with Crippen molar-refractivity contribution in [3.05, 3.63) is 95.1 Å². The number of hydrogen-bond donors (Lipinski definition) is 3. The fraction of sp³-hybridized carbons (Fsp3) is 0.259. The van der Waals surface area contributed by atoms with Crippen LogP contribution in [0.3, 0.4) is 0 Å². The standard InChI is InChI=1S/C27H26F3N7O2S/c1-35-12-10-24(34-35)40-37(39)36-13-9-20-14-23(33-21-7-5-19(6-8-21)27(28,29)30)18(16-31)15-26(20,17-36)25(38)22-4-2-3-11-32-22/h2-8,10-12,14,16,31,33,39H,9,13,15,17H2,1H3. The van der Waals surface area contributed by atoms with Crippen LogP contribution in [-0.4, -0.2) is 54.6 Å². The highest BCUT2D eigenvalue weighted by atomic mass is 32.2. The summed E-state index contributed by atoms with van der Waals surface area (Å²) in [6.45, 7) is 0.516. The maximum absolute atomic E-state index is 14.1. The second-order valence-corrected chi connectivity index (χ2v) is 10.5. The molecule has 40 heavy (non-hydrogen) atoms. The molecule has 1 saturated heterocycles. The zero-order chi connectivity index (χ0) is 28.5. The van der Waals surface area contributed by atoms with Crippen LogP contribution in [0.25, 0.3) is 0 Å². The van der Waals surface area contributed by atoms with Crippen molar-refractivity contribution in [2.75, 3.05) is 18.4 Å². The van der Waals surface area contributed by atoms with Crippen LogP contribution in [0.15, 0.2) is 88.9 Å². The molecule has 3 N–H and O–H groups in total. The summed E-state index contributed by atoms with van der Waals surface area (Å²) in [5, 5.41) is 28.7. The van der Waals surface area contributed by atoms with E-state index in [4.69, 9.17) is 5.41 Å². The molecule has 13 heteroatoms. The largest absolute Gasteiger partial charge is 0.416 e. The number of aromatic nitrogens is 3. The number of alkyl halides is 3. The van der Waals surface area contributed by atoms with E-state index in [2.05, 4.69) is 15.4 Å². The Kier molecular flexibility index (Phi) is 7.64. The Morgan fingerprint density at radius 2 is 2.00 bits per heavy atom. The number of allylic oxidation sites excluding steroid dienone is 2. The van der Waals surface area contributed by atoms with Gasteiger partial charge >= 0.3 is 6.18 Å². The maximum atomic E-state index is 14.1. The highest BCUT2D eigenvalue weighted by molar-refractivity contribution is 7.96. The average Bonchev–Trinajstić information content (AvgIpc) is 3.36. The van der Waals surface area contributed by atoms with Crippen molar-refractivity contribution < 1.29 is 23.2 Å². The minimum Gasteiger partial charge on any atom is -0.355 e. The summed E-state index contributed by atoms with van der Waals surface area (Å²) >= 11 is 1.02. The van der Waals surface area contributed by atoms with Gasteiger partial charge in [0.25, 0.3) is 0 Å². The van der Waals surface area contributed by atoms with Crippen molar-refractivity contribution in [2.45, 2.75) is 24.0 Å². The molecule has 208 valence electrons. The minimum absolute atomic E-state index is 0.121. The van der Waals surface area contributed by atoms with Gasteiger partial charge in [-0.3, -0.25) is 19.7 Å². The topological polar surface area (TPSA) is 110 Å². The number of halogens is 3. The molecule has 0 amide bonds. The first-order valence-electron chi connectivity index (χ1n) is 12.4. The molecular formula is C27H26F3N7O2S. The van der Waals surface area contributed by atoms with E-state index in [1.165, 1.54) is 18.3 Å². The fourth-order valence-corrected chi connectivity index (χ4v) is 5.67. The maximum Gasteiger partial charge on any atom is 0.416 e. The predicted molar refractivity (Wildman–Crippen MR) is 143 cm³/mol. The van der Waals surface area contributed by atoms with Crippen molar-refractivity contribution in [2.24, 2.45) is 12.5 Å². The molecule has 0 bridgehead atoms. The van der Waals surface area contributed by atoms with Gasteiger partial charge in [0, 0.05) is 62.1 Å². The number of carbonyl (C=O) groups excluding carboxylic acids is 1. The number of hydrogen-bond acceptors (Lipinski definition) is 9. The highest BCUT2D eigenvalue weighted by Crippen LogP contribution is 2.47. The third-order valence-electron chi connectivity index (χ3n) is 6.97. The van der Waals surface area contributed by atoms with Crippen LogP contribution < -0.4 is 5.32 Å². The molecule has 9 nitrogen and oxygen atoms in total. The van der Waals surface area contributed by atoms with E-state index in [1.54, 1.807) is 53.3 Å². The van der Waals surface area contributed by atoms with Gasteiger partial charge in [0.15, 0.2) is 5.78 Å². The summed E-state index contributed by atoms with van der Waals surface area (Å²) in [5.74, 6) is -0.242. The number of benzene rings is 1. The first-order chi connectivity index (χ1) is 19.1. The lowest BCUT2D eigenvalue weighted by Gasteiger charge is -2.46. The van der Waals surface area contributed by atoms with Crippen molar-refractivity contribution in [1.82, 2.24) is 24.4 Å². The van der Waals surface area contributed by atoms with Gasteiger partial charge in [0.05, 0.1) is 11.0 Å². The fourth-order valence-electron chi connectivity index (χ4n) is 4.96. The molecular weight excluding hydrogens is 543 g/mol. The predicted octanol–water partition coefficient (Wildman–Crippen LogP) is 5.37. The molecule has 1 atom stereocenters. The molecule has 1 aliphatic carbocycles. The Hall–Kier alpha value is -3.78. The van der Waals surface area contributed by atoms with E-state index in [-0.39, 0.29) is 24.4 Å². The number of carbonyl (C=O) groups is 1. The quantitative estimate of drug-likeness (QED) is 0.144. The monoisotopic (exact) mass is 569 g/mol. The molecule has 2 aliphatic rings. The number of piperidine rings is 1. The van der Waals surface area contributed by atoms with Crippen molar-refractivity contribution >= 4 is 29.6 Å². The summed E-state index contributed by atoms with van der Waals surface area (Å²) in [6, 6.07) is 11.5. The summed E-state index contributed by atoms with van der Waals surface area (Å²) in [4.78, 5) is 18.3. The molecule has 1 fully saturated rings. The molecule has 2 aromatic heterocycles. The third kappa shape index (κ3) is 5.59. The number of aryl methyl sites for hydroxylation is 1. The van der Waals surface area contributed by atoms with Crippen LogP contribution in [-0.2, 0) is 13.2 Å². The van der Waals surface area contributed by atoms with Gasteiger partial charge in [-0.05, 0) is 67.0 Å². The number of fused-ring (bicyclic) bond motifs is 1. The third-order valence-corrected chi connectivity index (χ3v) is 7.77. The number of hydrazine groups is 1. The summed E-state index contributed by atoms with van der Waals surface area (Å²) in [5.41, 5.74) is 0.620. The number of rotatable bonds is 8. The highest BCUT2D eigenvalue weighted by Gasteiger charge is 2.50. The van der Waals surface area contributed by atoms with Crippen LogP contribution in [0.1, 0.15) is 28.9 Å². The zero-order valence-corrected chi connectivity index (χ0v) is 22.2. The average molecular weight is 570 g/mol. The molecule has 1 aliphatic heterocycles. The Balaban J connectivity index is 1.46. The van der Waals surface area contributed by atoms with Crippen LogP contribution in [0, 0.1) is 10.8 Å². The van der Waals surface area contributed by atoms with Crippen LogP contribution in [0.5, 0.6) is 0 Å². The normalized spacial score (nSPS) is 19.8. The smallest absolute Gasteiger partial charge is 0.355 e. The Morgan fingerprint density at radius 1 is 1.23 bits per heavy atom. The molecule has 5 rings (SSSR count). The zero-order valence-electron chi connectivity index (χ0n) is 21.4. The van der Waals surface area contributed by atoms with E-state index >= 15 is 0 Å². The number of Topliss-reactive ketones (excluding diaryl/α,β-unsaturated/α-hetero) is 1. The van der Waals surface area contributed by atoms with Gasteiger partial charge in [-0.2, -0.15) is 18.3 Å². The Bertz CT molecular complexity index is 1470. The second-order valence-electron chi connectivity index (χ2n) is 9.57. The molecule has 0 radical (unpaired) electrons. The number of anilines is 1. The first-order valence-corrected chi connectivity index (χ1v) is 13.1. The van der Waals surface area contributed by atoms with E-state index in [9.17, 15) is 23.2 Å². The molecule has 3 aromatic rings. The molecule has 1 unspecified atom stereocenters. The SMILES string of the molecule is Cn1ccc(SN(O)N2CCC3=CC(Nc4ccc(C(F)(F)F)cc4)=C(C=N)CC3(C(=O)c3ccccn3)C2)n1. The van der Waals surface area contributed by atoms with E-state index in [0.717, 1.165) is 40.4 Å². The summed E-state index contributed by atoms with van der Waals surface area (Å²) in [7, 11) is 1.77. The Morgan fingerprint density at radius 3 is 2.62 bits per heavy atom. The van der Waals surface area contributed by atoms with Crippen LogP contribution in [0.4, 0.5) is 18.9 Å². The van der Waals surface area contributed by atoms with Crippen LogP contribution >= 0.6 is 11.9 Å². The van der Waals surface area contributed by atoms with Gasteiger partial charge < -0.3 is 10.7 Å². The van der Waals surface area contributed by atoms with E-state index in [1.807, 2.05) is 0 Å². The second kappa shape index (κ2) is 11.0. The first kappa shape index (κ1) is 27.8. The summed E-state index contributed by atoms with van der Waals surface area (Å²) < 4.78 is 41.6. The lowest BCUT2D eigenvalue weighted by molar-refractivity contribution is -0.171. The molecule has 1 aromatic carbocycles. The van der Waals surface area contributed by atoms with Gasteiger partial charge in [-0.1, -0.05) is 16.2 Å².